The van der Waals surface area contributed by atoms with Gasteiger partial charge >= 0.3 is 0 Å². The minimum atomic E-state index is 0.0488. The molecule has 0 bridgehead atoms. The summed E-state index contributed by atoms with van der Waals surface area (Å²) in [5.41, 5.74) is 1.25. The number of rotatable bonds is 2. The topological polar surface area (TPSA) is 32.3 Å². The van der Waals surface area contributed by atoms with E-state index in [1.54, 1.807) is 0 Å². The summed E-state index contributed by atoms with van der Waals surface area (Å²) in [7, 11) is 0. The second kappa shape index (κ2) is 5.63. The third-order valence-electron chi connectivity index (χ3n) is 4.13. The van der Waals surface area contributed by atoms with E-state index >= 15 is 0 Å². The highest BCUT2D eigenvalue weighted by Crippen LogP contribution is 2.34. The van der Waals surface area contributed by atoms with Crippen LogP contribution in [0.1, 0.15) is 37.3 Å². The van der Waals surface area contributed by atoms with Crippen LogP contribution in [-0.4, -0.2) is 29.9 Å². The first kappa shape index (κ1) is 13.1. The fourth-order valence-corrected chi connectivity index (χ4v) is 3.60. The summed E-state index contributed by atoms with van der Waals surface area (Å²) in [6.07, 6.45) is 4.29. The molecule has 102 valence electrons. The number of halogens is 1. The van der Waals surface area contributed by atoms with E-state index in [2.05, 4.69) is 38.3 Å². The van der Waals surface area contributed by atoms with Gasteiger partial charge in [0.25, 0.3) is 0 Å². The summed E-state index contributed by atoms with van der Waals surface area (Å²) in [5.74, 6) is 0.292. The molecule has 2 aliphatic heterocycles. The zero-order valence-corrected chi connectivity index (χ0v) is 12.5. The van der Waals surface area contributed by atoms with Gasteiger partial charge in [0, 0.05) is 11.0 Å². The minimum Gasteiger partial charge on any atom is -0.334 e. The van der Waals surface area contributed by atoms with E-state index in [0.717, 1.165) is 43.2 Å². The Morgan fingerprint density at radius 3 is 2.95 bits per heavy atom. The number of nitrogens with one attached hydrogen (secondary N) is 1. The minimum absolute atomic E-state index is 0.0488. The van der Waals surface area contributed by atoms with Crippen molar-refractivity contribution in [2.75, 3.05) is 13.1 Å². The zero-order chi connectivity index (χ0) is 13.2. The van der Waals surface area contributed by atoms with E-state index in [1.165, 1.54) is 5.56 Å². The number of carbonyl (C=O) groups excluding carboxylic acids is 1. The van der Waals surface area contributed by atoms with Gasteiger partial charge in [-0.05, 0) is 49.9 Å². The molecule has 4 heteroatoms. The second-order valence-corrected chi connectivity index (χ2v) is 6.31. The molecule has 0 aromatic heterocycles. The van der Waals surface area contributed by atoms with Crippen LogP contribution < -0.4 is 5.32 Å². The summed E-state index contributed by atoms with van der Waals surface area (Å²) in [6, 6.07) is 8.65. The lowest BCUT2D eigenvalue weighted by Crippen LogP contribution is -2.43. The Morgan fingerprint density at radius 1 is 1.32 bits per heavy atom. The van der Waals surface area contributed by atoms with Crippen LogP contribution in [0.3, 0.4) is 0 Å². The summed E-state index contributed by atoms with van der Waals surface area (Å²) in [6.45, 7) is 1.87. The first-order chi connectivity index (χ1) is 9.25. The smallest absolute Gasteiger partial charge is 0.240 e. The predicted molar refractivity (Wildman–Crippen MR) is 78.9 cm³/mol. The molecule has 3 rings (SSSR count). The molecule has 19 heavy (non-hydrogen) atoms. The molecule has 0 saturated carbocycles. The van der Waals surface area contributed by atoms with Gasteiger partial charge < -0.3 is 10.2 Å². The fraction of sp³-hybridized carbons (Fsp3) is 0.533. The maximum absolute atomic E-state index is 12.6. The van der Waals surface area contributed by atoms with Crippen LogP contribution in [0.5, 0.6) is 0 Å². The summed E-state index contributed by atoms with van der Waals surface area (Å²) in [4.78, 5) is 14.6. The van der Waals surface area contributed by atoms with Crippen molar-refractivity contribution in [1.82, 2.24) is 10.2 Å². The van der Waals surface area contributed by atoms with Crippen LogP contribution in [0.15, 0.2) is 28.7 Å². The number of carbonyl (C=O) groups is 1. The maximum Gasteiger partial charge on any atom is 0.240 e. The van der Waals surface area contributed by atoms with Crippen molar-refractivity contribution in [3.63, 3.8) is 0 Å². The number of benzene rings is 1. The molecule has 2 atom stereocenters. The highest BCUT2D eigenvalue weighted by atomic mass is 79.9. The largest absolute Gasteiger partial charge is 0.334 e. The molecular weight excluding hydrogens is 304 g/mol. The Balaban J connectivity index is 1.79. The van der Waals surface area contributed by atoms with Crippen LogP contribution in [-0.2, 0) is 4.79 Å². The molecule has 1 unspecified atom stereocenters. The first-order valence-corrected chi connectivity index (χ1v) is 7.84. The third kappa shape index (κ3) is 2.70. The van der Waals surface area contributed by atoms with Gasteiger partial charge in [0.15, 0.2) is 0 Å². The van der Waals surface area contributed by atoms with Crippen molar-refractivity contribution in [2.24, 2.45) is 0 Å². The molecule has 0 aliphatic carbocycles. The third-order valence-corrected chi connectivity index (χ3v) is 4.62. The molecule has 2 saturated heterocycles. The van der Waals surface area contributed by atoms with Crippen molar-refractivity contribution in [3.8, 4) is 0 Å². The van der Waals surface area contributed by atoms with Gasteiger partial charge in [0.1, 0.15) is 0 Å². The van der Waals surface area contributed by atoms with Crippen molar-refractivity contribution in [3.05, 3.63) is 34.3 Å². The standard InChI is InChI=1S/C15H19BrN2O/c16-12-5-1-4-11(10-12)14-7-3-9-18(14)15(19)13-6-2-8-17-13/h1,4-5,10,13-14,17H,2-3,6-9H2/t13-,14?/m0/s1. The van der Waals surface area contributed by atoms with Gasteiger partial charge in [-0.15, -0.1) is 0 Å². The Kier molecular flexibility index (Phi) is 3.89. The fourth-order valence-electron chi connectivity index (χ4n) is 3.19. The van der Waals surface area contributed by atoms with Crippen molar-refractivity contribution in [1.29, 1.82) is 0 Å². The highest BCUT2D eigenvalue weighted by Gasteiger charge is 2.34. The van der Waals surface area contributed by atoms with E-state index in [-0.39, 0.29) is 12.1 Å². The van der Waals surface area contributed by atoms with Crippen LogP contribution in [0.25, 0.3) is 0 Å². The molecule has 2 fully saturated rings. The number of nitrogens with zero attached hydrogens (tertiary/aromatic N) is 1. The van der Waals surface area contributed by atoms with Gasteiger partial charge in [0.05, 0.1) is 12.1 Å². The van der Waals surface area contributed by atoms with Gasteiger partial charge in [-0.3, -0.25) is 4.79 Å². The molecular formula is C15H19BrN2O. The zero-order valence-electron chi connectivity index (χ0n) is 10.9. The molecule has 1 N–H and O–H groups in total. The van der Waals surface area contributed by atoms with E-state index < -0.39 is 0 Å². The monoisotopic (exact) mass is 322 g/mol. The Labute approximate surface area is 122 Å². The van der Waals surface area contributed by atoms with Crippen molar-refractivity contribution in [2.45, 2.75) is 37.8 Å². The van der Waals surface area contributed by atoms with Crippen LogP contribution in [0.4, 0.5) is 0 Å². The Morgan fingerprint density at radius 2 is 2.21 bits per heavy atom. The van der Waals surface area contributed by atoms with Gasteiger partial charge in [-0.25, -0.2) is 0 Å². The van der Waals surface area contributed by atoms with Crippen molar-refractivity contribution >= 4 is 21.8 Å². The lowest BCUT2D eigenvalue weighted by Gasteiger charge is -2.28. The highest BCUT2D eigenvalue weighted by molar-refractivity contribution is 9.10. The Hall–Kier alpha value is -0.870. The number of hydrogen-bond acceptors (Lipinski definition) is 2. The van der Waals surface area contributed by atoms with Crippen LogP contribution in [0.2, 0.25) is 0 Å². The molecule has 1 amide bonds. The van der Waals surface area contributed by atoms with E-state index in [4.69, 9.17) is 0 Å². The predicted octanol–water partition coefficient (Wildman–Crippen LogP) is 2.86. The van der Waals surface area contributed by atoms with Crippen LogP contribution >= 0.6 is 15.9 Å². The molecule has 2 aliphatic rings. The molecule has 2 heterocycles. The number of hydrogen-bond donors (Lipinski definition) is 1. The summed E-state index contributed by atoms with van der Waals surface area (Å²) < 4.78 is 1.09. The lowest BCUT2D eigenvalue weighted by atomic mass is 10.0. The number of amides is 1. The molecule has 0 spiro atoms. The van der Waals surface area contributed by atoms with Gasteiger partial charge in [-0.1, -0.05) is 28.1 Å². The van der Waals surface area contributed by atoms with E-state index in [1.807, 2.05) is 12.1 Å². The van der Waals surface area contributed by atoms with E-state index in [9.17, 15) is 4.79 Å². The summed E-state index contributed by atoms with van der Waals surface area (Å²) >= 11 is 3.52. The van der Waals surface area contributed by atoms with Gasteiger partial charge in [0.2, 0.25) is 5.91 Å². The average molecular weight is 323 g/mol. The molecule has 1 aromatic rings. The first-order valence-electron chi connectivity index (χ1n) is 7.05. The quantitative estimate of drug-likeness (QED) is 0.908. The SMILES string of the molecule is O=C([C@@H]1CCCN1)N1CCCC1c1cccc(Br)c1. The van der Waals surface area contributed by atoms with Gasteiger partial charge in [-0.2, -0.15) is 0 Å². The normalized spacial score (nSPS) is 26.9. The van der Waals surface area contributed by atoms with Crippen LogP contribution in [0, 0.1) is 0 Å². The number of likely N-dealkylation sites (tertiary alicyclic amines) is 1. The Bertz CT molecular complexity index is 471. The molecule has 0 radical (unpaired) electrons. The summed E-state index contributed by atoms with van der Waals surface area (Å²) in [5, 5.41) is 3.32. The molecule has 3 nitrogen and oxygen atoms in total. The lowest BCUT2D eigenvalue weighted by molar-refractivity contribution is -0.134. The maximum atomic E-state index is 12.6. The van der Waals surface area contributed by atoms with E-state index in [0.29, 0.717) is 5.91 Å². The molecule has 1 aromatic carbocycles. The van der Waals surface area contributed by atoms with Crippen molar-refractivity contribution < 1.29 is 4.79 Å². The average Bonchev–Trinajstić information content (AvgIpc) is 3.09. The second-order valence-electron chi connectivity index (χ2n) is 5.39.